The van der Waals surface area contributed by atoms with Gasteiger partial charge in [-0.1, -0.05) is 6.92 Å². The van der Waals surface area contributed by atoms with Crippen molar-refractivity contribution in [2.75, 3.05) is 5.32 Å². The molecule has 1 N–H and O–H groups in total. The molecule has 0 unspecified atom stereocenters. The number of nitrogens with zero attached hydrogens (tertiary/aromatic N) is 3. The van der Waals surface area contributed by atoms with E-state index in [1.807, 2.05) is 23.7 Å². The van der Waals surface area contributed by atoms with E-state index in [1.54, 1.807) is 6.20 Å². The Morgan fingerprint density at radius 3 is 2.88 bits per heavy atom. The lowest BCUT2D eigenvalue weighted by atomic mass is 10.0. The van der Waals surface area contributed by atoms with Crippen LogP contribution in [0.4, 0.5) is 5.82 Å². The van der Waals surface area contributed by atoms with Crippen LogP contribution < -0.4 is 5.32 Å². The summed E-state index contributed by atoms with van der Waals surface area (Å²) in [6.07, 6.45) is 4.68. The zero-order chi connectivity index (χ0) is 11.8. The van der Waals surface area contributed by atoms with Crippen LogP contribution in [0.5, 0.6) is 0 Å². The number of anilines is 1. The molecule has 0 aliphatic heterocycles. The van der Waals surface area contributed by atoms with Gasteiger partial charge in [0.15, 0.2) is 5.82 Å². The standard InChI is InChI=1S/C12H18N4/c1-5-12(3,4)14-11-10-8-9(2)15-16(10)7-6-13-11/h6-8H,5H2,1-4H3,(H,13,14). The molecule has 0 atom stereocenters. The molecule has 4 heteroatoms. The number of fused-ring (bicyclic) bond motifs is 1. The van der Waals surface area contributed by atoms with Gasteiger partial charge < -0.3 is 5.32 Å². The molecule has 0 aliphatic rings. The average Bonchev–Trinajstić information content (AvgIpc) is 2.59. The Balaban J connectivity index is 2.44. The third-order valence-corrected chi connectivity index (χ3v) is 2.85. The van der Waals surface area contributed by atoms with E-state index in [9.17, 15) is 0 Å². The lowest BCUT2D eigenvalue weighted by Gasteiger charge is -2.25. The summed E-state index contributed by atoms with van der Waals surface area (Å²) in [6, 6.07) is 2.04. The molecule has 0 amide bonds. The van der Waals surface area contributed by atoms with E-state index in [0.717, 1.165) is 23.4 Å². The molecule has 0 saturated heterocycles. The lowest BCUT2D eigenvalue weighted by molar-refractivity contribution is 0.545. The fourth-order valence-electron chi connectivity index (χ4n) is 1.55. The first kappa shape index (κ1) is 10.9. The van der Waals surface area contributed by atoms with Gasteiger partial charge in [0.25, 0.3) is 0 Å². The van der Waals surface area contributed by atoms with Crippen LogP contribution in [-0.2, 0) is 0 Å². The van der Waals surface area contributed by atoms with Crippen molar-refractivity contribution in [3.8, 4) is 0 Å². The summed E-state index contributed by atoms with van der Waals surface area (Å²) in [5.41, 5.74) is 2.08. The predicted molar refractivity (Wildman–Crippen MR) is 65.7 cm³/mol. The van der Waals surface area contributed by atoms with E-state index in [1.165, 1.54) is 0 Å². The maximum Gasteiger partial charge on any atom is 0.152 e. The molecule has 0 saturated carbocycles. The SMILES string of the molecule is CCC(C)(C)Nc1nccn2nc(C)cc12. The zero-order valence-corrected chi connectivity index (χ0v) is 10.3. The Hall–Kier alpha value is -1.58. The Morgan fingerprint density at radius 2 is 2.19 bits per heavy atom. The molecule has 0 bridgehead atoms. The van der Waals surface area contributed by atoms with Gasteiger partial charge in [-0.05, 0) is 33.3 Å². The summed E-state index contributed by atoms with van der Waals surface area (Å²) in [7, 11) is 0. The number of hydrogen-bond donors (Lipinski definition) is 1. The second-order valence-electron chi connectivity index (χ2n) is 4.75. The Bertz CT molecular complexity index is 499. The third kappa shape index (κ3) is 2.01. The minimum Gasteiger partial charge on any atom is -0.363 e. The molecule has 4 nitrogen and oxygen atoms in total. The number of aromatic nitrogens is 3. The minimum absolute atomic E-state index is 0.0486. The largest absolute Gasteiger partial charge is 0.363 e. The van der Waals surface area contributed by atoms with Gasteiger partial charge in [0, 0.05) is 17.9 Å². The molecule has 86 valence electrons. The van der Waals surface area contributed by atoms with Gasteiger partial charge in [0.2, 0.25) is 0 Å². The van der Waals surface area contributed by atoms with Crippen molar-refractivity contribution >= 4 is 11.3 Å². The molecule has 2 aromatic rings. The number of nitrogens with one attached hydrogen (secondary N) is 1. The van der Waals surface area contributed by atoms with Crippen LogP contribution in [0.2, 0.25) is 0 Å². The highest BCUT2D eigenvalue weighted by atomic mass is 15.2. The lowest BCUT2D eigenvalue weighted by Crippen LogP contribution is -2.30. The summed E-state index contributed by atoms with van der Waals surface area (Å²) >= 11 is 0. The molecule has 16 heavy (non-hydrogen) atoms. The topological polar surface area (TPSA) is 42.2 Å². The van der Waals surface area contributed by atoms with Gasteiger partial charge in [-0.25, -0.2) is 9.50 Å². The first-order valence-electron chi connectivity index (χ1n) is 5.61. The monoisotopic (exact) mass is 218 g/mol. The van der Waals surface area contributed by atoms with Crippen LogP contribution >= 0.6 is 0 Å². The Morgan fingerprint density at radius 1 is 1.44 bits per heavy atom. The summed E-state index contributed by atoms with van der Waals surface area (Å²) in [5.74, 6) is 0.898. The van der Waals surface area contributed by atoms with Crippen LogP contribution in [0.25, 0.3) is 5.52 Å². The first-order valence-corrected chi connectivity index (χ1v) is 5.61. The highest BCUT2D eigenvalue weighted by Gasteiger charge is 2.16. The van der Waals surface area contributed by atoms with Gasteiger partial charge in [0.1, 0.15) is 5.52 Å². The molecule has 2 aromatic heterocycles. The summed E-state index contributed by atoms with van der Waals surface area (Å²) in [4.78, 5) is 4.38. The average molecular weight is 218 g/mol. The maximum atomic E-state index is 4.38. The van der Waals surface area contributed by atoms with Crippen molar-refractivity contribution in [1.82, 2.24) is 14.6 Å². The molecule has 2 rings (SSSR count). The fraction of sp³-hybridized carbons (Fsp3) is 0.500. The van der Waals surface area contributed by atoms with Gasteiger partial charge in [-0.15, -0.1) is 0 Å². The second-order valence-corrected chi connectivity index (χ2v) is 4.75. The first-order chi connectivity index (χ1) is 7.52. The van der Waals surface area contributed by atoms with Crippen molar-refractivity contribution < 1.29 is 0 Å². The molecule has 0 fully saturated rings. The fourth-order valence-corrected chi connectivity index (χ4v) is 1.55. The van der Waals surface area contributed by atoms with Crippen LogP contribution in [-0.4, -0.2) is 20.1 Å². The smallest absolute Gasteiger partial charge is 0.152 e. The maximum absolute atomic E-state index is 4.38. The van der Waals surface area contributed by atoms with Gasteiger partial charge in [-0.3, -0.25) is 0 Å². The molecule has 0 aliphatic carbocycles. The van der Waals surface area contributed by atoms with Crippen molar-refractivity contribution in [3.05, 3.63) is 24.2 Å². The molecule has 0 radical (unpaired) electrons. The highest BCUT2D eigenvalue weighted by Crippen LogP contribution is 2.20. The highest BCUT2D eigenvalue weighted by molar-refractivity contribution is 5.68. The molecular formula is C12H18N4. The predicted octanol–water partition coefficient (Wildman–Crippen LogP) is 2.64. The van der Waals surface area contributed by atoms with E-state index >= 15 is 0 Å². The van der Waals surface area contributed by atoms with E-state index in [-0.39, 0.29) is 5.54 Å². The van der Waals surface area contributed by atoms with Crippen LogP contribution in [0.3, 0.4) is 0 Å². The molecule has 2 heterocycles. The summed E-state index contributed by atoms with van der Waals surface area (Å²) in [5, 5.41) is 7.82. The summed E-state index contributed by atoms with van der Waals surface area (Å²) in [6.45, 7) is 8.49. The number of aryl methyl sites for hydroxylation is 1. The van der Waals surface area contributed by atoms with E-state index in [0.29, 0.717) is 0 Å². The van der Waals surface area contributed by atoms with Crippen molar-refractivity contribution in [2.45, 2.75) is 39.7 Å². The zero-order valence-electron chi connectivity index (χ0n) is 10.3. The van der Waals surface area contributed by atoms with Crippen LogP contribution in [0.1, 0.15) is 32.9 Å². The van der Waals surface area contributed by atoms with E-state index < -0.39 is 0 Å². The van der Waals surface area contributed by atoms with Crippen molar-refractivity contribution in [2.24, 2.45) is 0 Å². The normalized spacial score (nSPS) is 12.0. The quantitative estimate of drug-likeness (QED) is 0.861. The Labute approximate surface area is 95.7 Å². The van der Waals surface area contributed by atoms with Crippen LogP contribution in [0, 0.1) is 6.92 Å². The van der Waals surface area contributed by atoms with Crippen LogP contribution in [0.15, 0.2) is 18.5 Å². The molecular weight excluding hydrogens is 200 g/mol. The van der Waals surface area contributed by atoms with E-state index in [4.69, 9.17) is 0 Å². The third-order valence-electron chi connectivity index (χ3n) is 2.85. The number of rotatable bonds is 3. The summed E-state index contributed by atoms with van der Waals surface area (Å²) < 4.78 is 1.86. The van der Waals surface area contributed by atoms with E-state index in [2.05, 4.69) is 36.2 Å². The Kier molecular flexibility index (Phi) is 2.58. The minimum atomic E-state index is 0.0486. The van der Waals surface area contributed by atoms with Gasteiger partial charge in [-0.2, -0.15) is 5.10 Å². The molecule has 0 aromatic carbocycles. The molecule has 0 spiro atoms. The van der Waals surface area contributed by atoms with Crippen molar-refractivity contribution in [1.29, 1.82) is 0 Å². The van der Waals surface area contributed by atoms with Crippen molar-refractivity contribution in [3.63, 3.8) is 0 Å². The van der Waals surface area contributed by atoms with Gasteiger partial charge in [0.05, 0.1) is 5.69 Å². The second kappa shape index (κ2) is 3.77. The van der Waals surface area contributed by atoms with Gasteiger partial charge >= 0.3 is 0 Å². The number of hydrogen-bond acceptors (Lipinski definition) is 3.